The molecule has 1 N–H and O–H groups in total. The lowest BCUT2D eigenvalue weighted by Gasteiger charge is -2.12. The van der Waals surface area contributed by atoms with Crippen molar-refractivity contribution in [3.63, 3.8) is 0 Å². The SMILES string of the molecule is Cc1cc2oc(=O)cc(CNc3cc(F)ccc3C)c2cc1C. The molecule has 0 aliphatic rings. The van der Waals surface area contributed by atoms with Crippen molar-refractivity contribution in [3.05, 3.63) is 74.9 Å². The van der Waals surface area contributed by atoms with Gasteiger partial charge >= 0.3 is 5.63 Å². The van der Waals surface area contributed by atoms with Gasteiger partial charge in [0.15, 0.2) is 0 Å². The van der Waals surface area contributed by atoms with Crippen LogP contribution in [-0.4, -0.2) is 0 Å². The molecule has 118 valence electrons. The van der Waals surface area contributed by atoms with Crippen LogP contribution in [0, 0.1) is 26.6 Å². The van der Waals surface area contributed by atoms with Crippen LogP contribution in [0.15, 0.2) is 45.6 Å². The van der Waals surface area contributed by atoms with E-state index in [2.05, 4.69) is 5.32 Å². The Hall–Kier alpha value is -2.62. The van der Waals surface area contributed by atoms with Gasteiger partial charge in [-0.05, 0) is 67.3 Å². The van der Waals surface area contributed by atoms with Crippen LogP contribution in [0.1, 0.15) is 22.3 Å². The van der Waals surface area contributed by atoms with Crippen molar-refractivity contribution in [1.29, 1.82) is 0 Å². The Morgan fingerprint density at radius 3 is 2.52 bits per heavy atom. The van der Waals surface area contributed by atoms with E-state index in [-0.39, 0.29) is 11.4 Å². The third kappa shape index (κ3) is 3.11. The molecule has 4 heteroatoms. The molecule has 0 atom stereocenters. The molecule has 0 unspecified atom stereocenters. The molecule has 0 bridgehead atoms. The predicted octanol–water partition coefficient (Wildman–Crippen LogP) is 4.47. The number of fused-ring (bicyclic) bond motifs is 1. The molecule has 0 radical (unpaired) electrons. The molecule has 3 rings (SSSR count). The van der Waals surface area contributed by atoms with E-state index in [0.29, 0.717) is 12.1 Å². The van der Waals surface area contributed by atoms with E-state index in [1.807, 2.05) is 32.9 Å². The third-order valence-corrected chi connectivity index (χ3v) is 4.11. The number of hydrogen-bond donors (Lipinski definition) is 1. The normalized spacial score (nSPS) is 11.0. The van der Waals surface area contributed by atoms with Crippen molar-refractivity contribution in [2.24, 2.45) is 0 Å². The minimum Gasteiger partial charge on any atom is -0.423 e. The summed E-state index contributed by atoms with van der Waals surface area (Å²) in [4.78, 5) is 11.8. The highest BCUT2D eigenvalue weighted by Gasteiger charge is 2.08. The standard InChI is InChI=1S/C19H18FNO2/c1-11-4-5-15(20)9-17(11)21-10-14-8-19(22)23-18-7-13(3)12(2)6-16(14)18/h4-9,21H,10H2,1-3H3. The van der Waals surface area contributed by atoms with E-state index >= 15 is 0 Å². The van der Waals surface area contributed by atoms with Crippen LogP contribution in [0.25, 0.3) is 11.0 Å². The van der Waals surface area contributed by atoms with Crippen LogP contribution in [0.3, 0.4) is 0 Å². The summed E-state index contributed by atoms with van der Waals surface area (Å²) in [5.74, 6) is -0.290. The van der Waals surface area contributed by atoms with E-state index < -0.39 is 0 Å². The van der Waals surface area contributed by atoms with Gasteiger partial charge in [-0.2, -0.15) is 0 Å². The van der Waals surface area contributed by atoms with Crippen LogP contribution in [0.4, 0.5) is 10.1 Å². The Morgan fingerprint density at radius 2 is 1.74 bits per heavy atom. The van der Waals surface area contributed by atoms with Gasteiger partial charge in [-0.3, -0.25) is 0 Å². The van der Waals surface area contributed by atoms with Crippen molar-refractivity contribution in [2.75, 3.05) is 5.32 Å². The third-order valence-electron chi connectivity index (χ3n) is 4.11. The van der Waals surface area contributed by atoms with Gasteiger partial charge in [0.05, 0.1) is 0 Å². The second kappa shape index (κ2) is 5.88. The zero-order valence-electron chi connectivity index (χ0n) is 13.4. The Bertz CT molecular complexity index is 944. The molecule has 23 heavy (non-hydrogen) atoms. The topological polar surface area (TPSA) is 42.2 Å². The first-order valence-corrected chi connectivity index (χ1v) is 7.48. The molecule has 3 nitrogen and oxygen atoms in total. The Kier molecular flexibility index (Phi) is 3.90. The minimum absolute atomic E-state index is 0.290. The molecule has 1 heterocycles. The molecule has 0 amide bonds. The van der Waals surface area contributed by atoms with Crippen molar-refractivity contribution in [1.82, 2.24) is 0 Å². The van der Waals surface area contributed by atoms with Gasteiger partial charge in [0.25, 0.3) is 0 Å². The Balaban J connectivity index is 2.01. The van der Waals surface area contributed by atoms with Gasteiger partial charge < -0.3 is 9.73 Å². The number of rotatable bonds is 3. The van der Waals surface area contributed by atoms with Gasteiger partial charge in [-0.25, -0.2) is 9.18 Å². The smallest absolute Gasteiger partial charge is 0.336 e. The average Bonchev–Trinajstić information content (AvgIpc) is 2.49. The van der Waals surface area contributed by atoms with Crippen molar-refractivity contribution >= 4 is 16.7 Å². The summed E-state index contributed by atoms with van der Waals surface area (Å²) >= 11 is 0. The summed E-state index contributed by atoms with van der Waals surface area (Å²) < 4.78 is 18.7. The minimum atomic E-state index is -0.381. The van der Waals surface area contributed by atoms with Crippen LogP contribution in [0.2, 0.25) is 0 Å². The summed E-state index contributed by atoms with van der Waals surface area (Å²) in [6.07, 6.45) is 0. The molecule has 0 saturated carbocycles. The van der Waals surface area contributed by atoms with Gasteiger partial charge in [0, 0.05) is 23.7 Å². The molecule has 0 aliphatic heterocycles. The van der Waals surface area contributed by atoms with Crippen molar-refractivity contribution in [2.45, 2.75) is 27.3 Å². The molecule has 2 aromatic carbocycles. The molecule has 0 spiro atoms. The van der Waals surface area contributed by atoms with Crippen molar-refractivity contribution in [3.8, 4) is 0 Å². The lowest BCUT2D eigenvalue weighted by molar-refractivity contribution is 0.559. The molecule has 0 aliphatic carbocycles. The van der Waals surface area contributed by atoms with Gasteiger partial charge in [0.2, 0.25) is 0 Å². The number of hydrogen-bond acceptors (Lipinski definition) is 3. The molecule has 0 fully saturated rings. The Morgan fingerprint density at radius 1 is 1.00 bits per heavy atom. The lowest BCUT2D eigenvalue weighted by Crippen LogP contribution is -2.07. The van der Waals surface area contributed by atoms with Crippen molar-refractivity contribution < 1.29 is 8.81 Å². The highest BCUT2D eigenvalue weighted by Crippen LogP contribution is 2.23. The number of benzene rings is 2. The predicted molar refractivity (Wildman–Crippen MR) is 90.4 cm³/mol. The number of halogens is 1. The second-order valence-electron chi connectivity index (χ2n) is 5.84. The maximum atomic E-state index is 13.4. The molecule has 1 aromatic heterocycles. The number of aryl methyl sites for hydroxylation is 3. The highest BCUT2D eigenvalue weighted by molar-refractivity contribution is 5.82. The molecule has 0 saturated heterocycles. The van der Waals surface area contributed by atoms with Crippen LogP contribution < -0.4 is 10.9 Å². The fourth-order valence-electron chi connectivity index (χ4n) is 2.60. The number of anilines is 1. The summed E-state index contributed by atoms with van der Waals surface area (Å²) in [5, 5.41) is 4.10. The van der Waals surface area contributed by atoms with Gasteiger partial charge in [0.1, 0.15) is 11.4 Å². The largest absolute Gasteiger partial charge is 0.423 e. The zero-order chi connectivity index (χ0) is 16.6. The van der Waals surface area contributed by atoms with E-state index in [1.165, 1.54) is 18.2 Å². The quantitative estimate of drug-likeness (QED) is 0.726. The highest BCUT2D eigenvalue weighted by atomic mass is 19.1. The molecular formula is C19H18FNO2. The summed E-state index contributed by atoms with van der Waals surface area (Å²) in [6, 6.07) is 9.99. The van der Waals surface area contributed by atoms with Crippen LogP contribution >= 0.6 is 0 Å². The summed E-state index contributed by atoms with van der Waals surface area (Å²) in [7, 11) is 0. The van der Waals surface area contributed by atoms with E-state index in [9.17, 15) is 9.18 Å². The molecular weight excluding hydrogens is 293 g/mol. The maximum Gasteiger partial charge on any atom is 0.336 e. The summed E-state index contributed by atoms with van der Waals surface area (Å²) in [6.45, 7) is 6.34. The first kappa shape index (κ1) is 15.3. The maximum absolute atomic E-state index is 13.4. The van der Waals surface area contributed by atoms with Gasteiger partial charge in [-0.15, -0.1) is 0 Å². The van der Waals surface area contributed by atoms with Crippen LogP contribution in [-0.2, 0) is 6.54 Å². The summed E-state index contributed by atoms with van der Waals surface area (Å²) in [5.41, 5.74) is 4.91. The monoisotopic (exact) mass is 311 g/mol. The van der Waals surface area contributed by atoms with E-state index in [1.54, 1.807) is 6.07 Å². The average molecular weight is 311 g/mol. The fourth-order valence-corrected chi connectivity index (χ4v) is 2.60. The lowest BCUT2D eigenvalue weighted by atomic mass is 10.0. The Labute approximate surface area is 133 Å². The fraction of sp³-hybridized carbons (Fsp3) is 0.211. The zero-order valence-corrected chi connectivity index (χ0v) is 13.4. The first-order chi connectivity index (χ1) is 10.9. The second-order valence-corrected chi connectivity index (χ2v) is 5.84. The van der Waals surface area contributed by atoms with E-state index in [0.717, 1.165) is 33.3 Å². The first-order valence-electron chi connectivity index (χ1n) is 7.48. The number of nitrogens with one attached hydrogen (secondary N) is 1. The molecule has 3 aromatic rings. The van der Waals surface area contributed by atoms with Gasteiger partial charge in [-0.1, -0.05) is 6.07 Å². The van der Waals surface area contributed by atoms with Crippen LogP contribution in [0.5, 0.6) is 0 Å². The van der Waals surface area contributed by atoms with E-state index in [4.69, 9.17) is 4.42 Å².